The Morgan fingerprint density at radius 3 is 2.71 bits per heavy atom. The van der Waals surface area contributed by atoms with Gasteiger partial charge in [0, 0.05) is 9.35 Å². The highest BCUT2D eigenvalue weighted by Gasteiger charge is 2.23. The molecule has 1 aromatic carbocycles. The van der Waals surface area contributed by atoms with E-state index in [9.17, 15) is 14.7 Å². The molecule has 0 saturated heterocycles. The van der Waals surface area contributed by atoms with Gasteiger partial charge in [0.1, 0.15) is 0 Å². The molecule has 0 radical (unpaired) electrons. The van der Waals surface area contributed by atoms with Crippen molar-refractivity contribution >= 4 is 45.0 Å². The number of hydrogen-bond donors (Lipinski definition) is 3. The lowest BCUT2D eigenvalue weighted by atomic mass is 10.2. The summed E-state index contributed by atoms with van der Waals surface area (Å²) in [6.45, 7) is 1.90. The summed E-state index contributed by atoms with van der Waals surface area (Å²) in [5.41, 5.74) is 1.57. The number of carbonyl (C=O) groups excluding carboxylic acids is 1. The van der Waals surface area contributed by atoms with Crippen molar-refractivity contribution in [2.24, 2.45) is 0 Å². The number of aliphatic carboxylic acids is 1. The van der Waals surface area contributed by atoms with Crippen molar-refractivity contribution in [3.63, 3.8) is 0 Å². The average Bonchev–Trinajstić information content (AvgIpc) is 2.93. The Morgan fingerprint density at radius 1 is 1.33 bits per heavy atom. The van der Waals surface area contributed by atoms with Crippen LogP contribution in [-0.2, 0) is 4.79 Å². The molecule has 2 amide bonds. The quantitative estimate of drug-likeness (QED) is 0.768. The third-order valence-corrected chi connectivity index (χ3v) is 4.35. The van der Waals surface area contributed by atoms with Crippen molar-refractivity contribution in [1.82, 2.24) is 5.32 Å². The molecule has 1 unspecified atom stereocenters. The summed E-state index contributed by atoms with van der Waals surface area (Å²) >= 11 is 4.62. The van der Waals surface area contributed by atoms with E-state index in [0.717, 1.165) is 10.0 Å². The van der Waals surface area contributed by atoms with Gasteiger partial charge in [-0.2, -0.15) is 0 Å². The predicted octanol–water partition coefficient (Wildman–Crippen LogP) is 3.77. The fraction of sp³-hybridized carbons (Fsp3) is 0.143. The summed E-state index contributed by atoms with van der Waals surface area (Å²) < 4.78 is 0.728. The van der Waals surface area contributed by atoms with E-state index in [1.165, 1.54) is 11.3 Å². The number of rotatable bonds is 4. The van der Waals surface area contributed by atoms with Crippen LogP contribution in [0.25, 0.3) is 0 Å². The van der Waals surface area contributed by atoms with Crippen LogP contribution in [0, 0.1) is 6.92 Å². The molecule has 2 rings (SSSR count). The molecular weight excluding hydrogens is 356 g/mol. The highest BCUT2D eigenvalue weighted by molar-refractivity contribution is 9.10. The minimum absolute atomic E-state index is 0.567. The van der Waals surface area contributed by atoms with Gasteiger partial charge < -0.3 is 15.7 Å². The summed E-state index contributed by atoms with van der Waals surface area (Å²) in [6, 6.07) is 7.30. The number of aryl methyl sites for hydroxylation is 1. The number of nitrogens with one attached hydrogen (secondary N) is 2. The Hall–Kier alpha value is -1.86. The lowest BCUT2D eigenvalue weighted by Crippen LogP contribution is -2.36. The first-order valence-electron chi connectivity index (χ1n) is 6.07. The molecule has 110 valence electrons. The van der Waals surface area contributed by atoms with Gasteiger partial charge in [0.15, 0.2) is 6.04 Å². The largest absolute Gasteiger partial charge is 0.479 e. The van der Waals surface area contributed by atoms with Crippen molar-refractivity contribution < 1.29 is 14.7 Å². The van der Waals surface area contributed by atoms with Crippen LogP contribution in [-0.4, -0.2) is 17.1 Å². The minimum Gasteiger partial charge on any atom is -0.479 e. The standard InChI is InChI=1S/C14H13BrN2O3S/c1-8-4-5-9(15)10(7-8)16-14(20)17-12(13(18)19)11-3-2-6-21-11/h2-7,12H,1H3,(H,18,19)(H2,16,17,20). The number of halogens is 1. The van der Waals surface area contributed by atoms with Crippen molar-refractivity contribution in [1.29, 1.82) is 0 Å². The molecule has 0 aliphatic rings. The highest BCUT2D eigenvalue weighted by Crippen LogP contribution is 2.24. The number of anilines is 1. The maximum absolute atomic E-state index is 12.0. The Kier molecular flexibility index (Phi) is 4.98. The van der Waals surface area contributed by atoms with Gasteiger partial charge in [-0.25, -0.2) is 9.59 Å². The molecule has 5 nitrogen and oxygen atoms in total. The van der Waals surface area contributed by atoms with E-state index in [1.54, 1.807) is 23.6 Å². The SMILES string of the molecule is Cc1ccc(Br)c(NC(=O)NC(C(=O)O)c2cccs2)c1. The van der Waals surface area contributed by atoms with Crippen LogP contribution in [0.4, 0.5) is 10.5 Å². The van der Waals surface area contributed by atoms with E-state index in [2.05, 4.69) is 26.6 Å². The molecule has 0 bridgehead atoms. The molecule has 1 atom stereocenters. The van der Waals surface area contributed by atoms with Crippen LogP contribution in [0.1, 0.15) is 16.5 Å². The van der Waals surface area contributed by atoms with Gasteiger partial charge in [0.05, 0.1) is 5.69 Å². The van der Waals surface area contributed by atoms with Crippen molar-refractivity contribution in [2.45, 2.75) is 13.0 Å². The van der Waals surface area contributed by atoms with Gasteiger partial charge in [-0.05, 0) is 52.0 Å². The molecule has 1 heterocycles. The van der Waals surface area contributed by atoms with Crippen molar-refractivity contribution in [3.8, 4) is 0 Å². The van der Waals surface area contributed by atoms with Gasteiger partial charge in [-0.1, -0.05) is 12.1 Å². The van der Waals surface area contributed by atoms with Crippen LogP contribution < -0.4 is 10.6 Å². The molecule has 0 spiro atoms. The van der Waals surface area contributed by atoms with Crippen LogP contribution >= 0.6 is 27.3 Å². The summed E-state index contributed by atoms with van der Waals surface area (Å²) in [5, 5.41) is 16.1. The summed E-state index contributed by atoms with van der Waals surface area (Å²) in [5.74, 6) is -1.10. The van der Waals surface area contributed by atoms with E-state index in [4.69, 9.17) is 0 Å². The minimum atomic E-state index is -1.10. The first-order valence-corrected chi connectivity index (χ1v) is 7.74. The van der Waals surface area contributed by atoms with Crippen LogP contribution in [0.2, 0.25) is 0 Å². The van der Waals surface area contributed by atoms with E-state index in [0.29, 0.717) is 10.6 Å². The molecule has 0 saturated carbocycles. The van der Waals surface area contributed by atoms with Crippen LogP contribution in [0.5, 0.6) is 0 Å². The van der Waals surface area contributed by atoms with Gasteiger partial charge in [-0.3, -0.25) is 0 Å². The van der Waals surface area contributed by atoms with Crippen LogP contribution in [0.3, 0.4) is 0 Å². The zero-order valence-corrected chi connectivity index (χ0v) is 13.5. The Labute approximate surface area is 134 Å². The summed E-state index contributed by atoms with van der Waals surface area (Å²) in [6.07, 6.45) is 0. The van der Waals surface area contributed by atoms with E-state index in [-0.39, 0.29) is 0 Å². The van der Waals surface area contributed by atoms with Crippen molar-refractivity contribution in [2.75, 3.05) is 5.32 Å². The number of amides is 2. The van der Waals surface area contributed by atoms with Gasteiger partial charge in [0.25, 0.3) is 0 Å². The molecule has 2 aromatic rings. The lowest BCUT2D eigenvalue weighted by Gasteiger charge is -2.14. The topological polar surface area (TPSA) is 78.4 Å². The maximum Gasteiger partial charge on any atom is 0.331 e. The summed E-state index contributed by atoms with van der Waals surface area (Å²) in [7, 11) is 0. The fourth-order valence-corrected chi connectivity index (χ4v) is 2.85. The normalized spacial score (nSPS) is 11.7. The Morgan fingerprint density at radius 2 is 2.10 bits per heavy atom. The molecule has 0 fully saturated rings. The average molecular weight is 369 g/mol. The number of benzene rings is 1. The number of hydrogen-bond acceptors (Lipinski definition) is 3. The molecule has 1 aromatic heterocycles. The van der Waals surface area contributed by atoms with E-state index < -0.39 is 18.0 Å². The third kappa shape index (κ3) is 4.05. The lowest BCUT2D eigenvalue weighted by molar-refractivity contribution is -0.139. The van der Waals surface area contributed by atoms with Crippen LogP contribution in [0.15, 0.2) is 40.2 Å². The highest BCUT2D eigenvalue weighted by atomic mass is 79.9. The molecule has 7 heteroatoms. The maximum atomic E-state index is 12.0. The number of carboxylic acid groups (broad SMARTS) is 1. The van der Waals surface area contributed by atoms with Crippen molar-refractivity contribution in [3.05, 3.63) is 50.6 Å². The molecule has 3 N–H and O–H groups in total. The number of thiophene rings is 1. The summed E-state index contributed by atoms with van der Waals surface area (Å²) in [4.78, 5) is 23.8. The van der Waals surface area contributed by atoms with E-state index in [1.807, 2.05) is 19.1 Å². The second kappa shape index (κ2) is 6.73. The molecular formula is C14H13BrN2O3S. The Balaban J connectivity index is 2.10. The Bertz CT molecular complexity index is 658. The van der Waals surface area contributed by atoms with Gasteiger partial charge >= 0.3 is 12.0 Å². The molecule has 0 aliphatic heterocycles. The molecule has 0 aliphatic carbocycles. The predicted molar refractivity (Wildman–Crippen MR) is 85.7 cm³/mol. The van der Waals surface area contributed by atoms with E-state index >= 15 is 0 Å². The molecule has 21 heavy (non-hydrogen) atoms. The van der Waals surface area contributed by atoms with Gasteiger partial charge in [-0.15, -0.1) is 11.3 Å². The number of carbonyl (C=O) groups is 2. The zero-order chi connectivity index (χ0) is 15.4. The smallest absolute Gasteiger partial charge is 0.331 e. The second-order valence-electron chi connectivity index (χ2n) is 4.37. The fourth-order valence-electron chi connectivity index (χ4n) is 1.73. The number of carboxylic acids is 1. The number of urea groups is 1. The zero-order valence-electron chi connectivity index (χ0n) is 11.1. The van der Waals surface area contributed by atoms with Gasteiger partial charge in [0.2, 0.25) is 0 Å². The monoisotopic (exact) mass is 368 g/mol. The second-order valence-corrected chi connectivity index (χ2v) is 6.20. The third-order valence-electron chi connectivity index (χ3n) is 2.72. The first-order chi connectivity index (χ1) is 9.97. The first kappa shape index (κ1) is 15.5.